The van der Waals surface area contributed by atoms with E-state index in [1.165, 1.54) is 6.20 Å². The second-order valence-electron chi connectivity index (χ2n) is 5.49. The van der Waals surface area contributed by atoms with Crippen LogP contribution in [0.4, 0.5) is 17.1 Å². The molecular formula is C19H15Cl2N3O. The summed E-state index contributed by atoms with van der Waals surface area (Å²) in [7, 11) is 0. The average Bonchev–Trinajstić information content (AvgIpc) is 2.60. The van der Waals surface area contributed by atoms with Crippen molar-refractivity contribution in [2.24, 2.45) is 0 Å². The highest BCUT2D eigenvalue weighted by Gasteiger charge is 2.10. The molecule has 0 unspecified atom stereocenters. The minimum Gasteiger partial charge on any atom is -0.354 e. The molecule has 0 saturated heterocycles. The molecule has 25 heavy (non-hydrogen) atoms. The summed E-state index contributed by atoms with van der Waals surface area (Å²) in [6, 6.07) is 14.4. The standard InChI is InChI=1S/C19H15Cl2N3O/c1-12-6-7-14(9-17(12)21)23-15-8-13(10-22-11-15)19(25)24-18-5-3-2-4-16(18)20/h2-11,23H,1H3,(H,24,25). The molecule has 126 valence electrons. The van der Waals surface area contributed by atoms with Crippen LogP contribution in [0.25, 0.3) is 0 Å². The number of anilines is 3. The van der Waals surface area contributed by atoms with Crippen LogP contribution >= 0.6 is 23.2 Å². The number of pyridine rings is 1. The van der Waals surface area contributed by atoms with E-state index in [0.717, 1.165) is 11.3 Å². The number of carbonyl (C=O) groups excluding carboxylic acids is 1. The lowest BCUT2D eigenvalue weighted by Crippen LogP contribution is -2.12. The zero-order valence-corrected chi connectivity index (χ0v) is 14.9. The first-order valence-electron chi connectivity index (χ1n) is 7.57. The third kappa shape index (κ3) is 4.29. The van der Waals surface area contributed by atoms with Crippen molar-refractivity contribution in [3.63, 3.8) is 0 Å². The van der Waals surface area contributed by atoms with Crippen LogP contribution in [0.5, 0.6) is 0 Å². The van der Waals surface area contributed by atoms with Gasteiger partial charge in [0.1, 0.15) is 0 Å². The molecule has 0 spiro atoms. The number of hydrogen-bond donors (Lipinski definition) is 2. The van der Waals surface area contributed by atoms with E-state index >= 15 is 0 Å². The van der Waals surface area contributed by atoms with Gasteiger partial charge in [-0.25, -0.2) is 0 Å². The molecule has 3 aromatic rings. The zero-order chi connectivity index (χ0) is 17.8. The van der Waals surface area contributed by atoms with Crippen LogP contribution in [0, 0.1) is 6.92 Å². The number of amides is 1. The van der Waals surface area contributed by atoms with Crippen LogP contribution in [0.3, 0.4) is 0 Å². The zero-order valence-electron chi connectivity index (χ0n) is 13.4. The smallest absolute Gasteiger partial charge is 0.257 e. The third-order valence-corrected chi connectivity index (χ3v) is 4.32. The monoisotopic (exact) mass is 371 g/mol. The molecule has 6 heteroatoms. The van der Waals surface area contributed by atoms with Crippen molar-refractivity contribution >= 4 is 46.2 Å². The van der Waals surface area contributed by atoms with Gasteiger partial charge in [-0.2, -0.15) is 0 Å². The van der Waals surface area contributed by atoms with Gasteiger partial charge in [0.05, 0.1) is 28.2 Å². The van der Waals surface area contributed by atoms with Crippen molar-refractivity contribution in [3.05, 3.63) is 82.1 Å². The van der Waals surface area contributed by atoms with E-state index in [4.69, 9.17) is 23.2 Å². The van der Waals surface area contributed by atoms with Crippen LogP contribution in [-0.2, 0) is 0 Å². The summed E-state index contributed by atoms with van der Waals surface area (Å²) in [5, 5.41) is 7.11. The fourth-order valence-corrected chi connectivity index (χ4v) is 2.59. The van der Waals surface area contributed by atoms with Crippen molar-refractivity contribution in [3.8, 4) is 0 Å². The van der Waals surface area contributed by atoms with Gasteiger partial charge in [0, 0.05) is 16.9 Å². The molecule has 0 atom stereocenters. The number of benzene rings is 2. The molecule has 0 saturated carbocycles. The first kappa shape index (κ1) is 17.3. The molecule has 4 nitrogen and oxygen atoms in total. The molecule has 0 fully saturated rings. The first-order valence-corrected chi connectivity index (χ1v) is 8.32. The van der Waals surface area contributed by atoms with Crippen LogP contribution < -0.4 is 10.6 Å². The molecule has 0 radical (unpaired) electrons. The molecular weight excluding hydrogens is 357 g/mol. The summed E-state index contributed by atoms with van der Waals surface area (Å²) in [5.41, 5.74) is 3.48. The number of nitrogens with zero attached hydrogens (tertiary/aromatic N) is 1. The number of nitrogens with one attached hydrogen (secondary N) is 2. The van der Waals surface area contributed by atoms with Gasteiger partial charge in [0.2, 0.25) is 0 Å². The van der Waals surface area contributed by atoms with Crippen LogP contribution in [-0.4, -0.2) is 10.9 Å². The highest BCUT2D eigenvalue weighted by Crippen LogP contribution is 2.24. The van der Waals surface area contributed by atoms with E-state index in [1.54, 1.807) is 36.5 Å². The van der Waals surface area contributed by atoms with Gasteiger partial charge in [-0.1, -0.05) is 41.4 Å². The van der Waals surface area contributed by atoms with Gasteiger partial charge in [0.25, 0.3) is 5.91 Å². The number of halogens is 2. The number of aryl methyl sites for hydroxylation is 1. The maximum absolute atomic E-state index is 12.4. The van der Waals surface area contributed by atoms with Crippen molar-refractivity contribution in [1.82, 2.24) is 4.98 Å². The Balaban J connectivity index is 1.77. The predicted octanol–water partition coefficient (Wildman–Crippen LogP) is 5.69. The summed E-state index contributed by atoms with van der Waals surface area (Å²) >= 11 is 12.2. The van der Waals surface area contributed by atoms with E-state index in [1.807, 2.05) is 25.1 Å². The average molecular weight is 372 g/mol. The van der Waals surface area contributed by atoms with E-state index in [9.17, 15) is 4.79 Å². The number of para-hydroxylation sites is 1. The van der Waals surface area contributed by atoms with Crippen molar-refractivity contribution in [2.45, 2.75) is 6.92 Å². The molecule has 2 aromatic carbocycles. The Morgan fingerprint density at radius 2 is 1.76 bits per heavy atom. The Hall–Kier alpha value is -2.56. The maximum Gasteiger partial charge on any atom is 0.257 e. The number of rotatable bonds is 4. The van der Waals surface area contributed by atoms with Crippen LogP contribution in [0.15, 0.2) is 60.9 Å². The molecule has 3 rings (SSSR count). The van der Waals surface area contributed by atoms with Gasteiger partial charge in [-0.05, 0) is 42.8 Å². The highest BCUT2D eigenvalue weighted by atomic mass is 35.5. The Kier molecular flexibility index (Phi) is 5.22. The Morgan fingerprint density at radius 1 is 0.960 bits per heavy atom. The van der Waals surface area contributed by atoms with Crippen LogP contribution in [0.2, 0.25) is 10.0 Å². The second kappa shape index (κ2) is 7.55. The second-order valence-corrected chi connectivity index (χ2v) is 6.30. The molecule has 1 amide bonds. The SMILES string of the molecule is Cc1ccc(Nc2cncc(C(=O)Nc3ccccc3Cl)c2)cc1Cl. The molecule has 0 bridgehead atoms. The Labute approximate surface area is 155 Å². The quantitative estimate of drug-likeness (QED) is 0.618. The Bertz CT molecular complexity index is 928. The van der Waals surface area contributed by atoms with Gasteiger partial charge in [-0.3, -0.25) is 9.78 Å². The van der Waals surface area contributed by atoms with E-state index in [2.05, 4.69) is 15.6 Å². The van der Waals surface area contributed by atoms with E-state index in [0.29, 0.717) is 27.0 Å². The maximum atomic E-state index is 12.4. The highest BCUT2D eigenvalue weighted by molar-refractivity contribution is 6.34. The molecule has 0 aliphatic heterocycles. The summed E-state index contributed by atoms with van der Waals surface area (Å²) in [5.74, 6) is -0.286. The van der Waals surface area contributed by atoms with Gasteiger partial charge in [0.15, 0.2) is 0 Å². The van der Waals surface area contributed by atoms with Gasteiger partial charge < -0.3 is 10.6 Å². The van der Waals surface area contributed by atoms with Gasteiger partial charge >= 0.3 is 0 Å². The van der Waals surface area contributed by atoms with Crippen LogP contribution in [0.1, 0.15) is 15.9 Å². The number of aromatic nitrogens is 1. The fraction of sp³-hybridized carbons (Fsp3) is 0.0526. The Morgan fingerprint density at radius 3 is 2.52 bits per heavy atom. The fourth-order valence-electron chi connectivity index (χ4n) is 2.23. The lowest BCUT2D eigenvalue weighted by molar-refractivity contribution is 0.102. The summed E-state index contributed by atoms with van der Waals surface area (Å²) in [4.78, 5) is 16.5. The van der Waals surface area contributed by atoms with Crippen molar-refractivity contribution in [1.29, 1.82) is 0 Å². The van der Waals surface area contributed by atoms with E-state index < -0.39 is 0 Å². The summed E-state index contributed by atoms with van der Waals surface area (Å²) < 4.78 is 0. The largest absolute Gasteiger partial charge is 0.354 e. The van der Waals surface area contributed by atoms with E-state index in [-0.39, 0.29) is 5.91 Å². The number of hydrogen-bond acceptors (Lipinski definition) is 3. The van der Waals surface area contributed by atoms with Gasteiger partial charge in [-0.15, -0.1) is 0 Å². The van der Waals surface area contributed by atoms with Crippen molar-refractivity contribution < 1.29 is 4.79 Å². The molecule has 2 N–H and O–H groups in total. The molecule has 0 aliphatic carbocycles. The lowest BCUT2D eigenvalue weighted by Gasteiger charge is -2.10. The summed E-state index contributed by atoms with van der Waals surface area (Å²) in [6.07, 6.45) is 3.14. The minimum atomic E-state index is -0.286. The molecule has 1 aromatic heterocycles. The van der Waals surface area contributed by atoms with Crippen molar-refractivity contribution in [2.75, 3.05) is 10.6 Å². The first-order chi connectivity index (χ1) is 12.0. The summed E-state index contributed by atoms with van der Waals surface area (Å²) in [6.45, 7) is 1.94. The topological polar surface area (TPSA) is 54.0 Å². The lowest BCUT2D eigenvalue weighted by atomic mass is 10.2. The molecule has 1 heterocycles. The predicted molar refractivity (Wildman–Crippen MR) is 103 cm³/mol. The normalized spacial score (nSPS) is 10.4. The third-order valence-electron chi connectivity index (χ3n) is 3.58. The minimum absolute atomic E-state index is 0.286. The molecule has 0 aliphatic rings. The number of carbonyl (C=O) groups is 1.